The third-order valence-electron chi connectivity index (χ3n) is 5.07. The van der Waals surface area contributed by atoms with Gasteiger partial charge in [-0.05, 0) is 48.8 Å². The molecule has 0 amide bonds. The van der Waals surface area contributed by atoms with E-state index in [1.807, 2.05) is 0 Å². The summed E-state index contributed by atoms with van der Waals surface area (Å²) in [5.74, 6) is 1.29. The van der Waals surface area contributed by atoms with Crippen molar-refractivity contribution >= 4 is 0 Å². The molecule has 1 aliphatic rings. The van der Waals surface area contributed by atoms with Crippen LogP contribution in [0.3, 0.4) is 0 Å². The molecule has 0 aliphatic carbocycles. The third kappa shape index (κ3) is 4.66. The Morgan fingerprint density at radius 1 is 0.870 bits per heavy atom. The highest BCUT2D eigenvalue weighted by molar-refractivity contribution is 5.17. The Morgan fingerprint density at radius 2 is 1.52 bits per heavy atom. The minimum Gasteiger partial charge on any atom is -0.396 e. The molecular weight excluding hydrogens is 282 g/mol. The first kappa shape index (κ1) is 16.2. The van der Waals surface area contributed by atoms with Crippen LogP contribution < -0.4 is 0 Å². The zero-order chi connectivity index (χ0) is 15.9. The van der Waals surface area contributed by atoms with Gasteiger partial charge in [0.15, 0.2) is 0 Å². The molecule has 0 aromatic heterocycles. The first-order valence-corrected chi connectivity index (χ1v) is 8.76. The van der Waals surface area contributed by atoms with Crippen molar-refractivity contribution in [1.82, 2.24) is 4.90 Å². The van der Waals surface area contributed by atoms with Crippen molar-refractivity contribution in [2.24, 2.45) is 11.8 Å². The number of hydrogen-bond acceptors (Lipinski definition) is 2. The molecule has 122 valence electrons. The van der Waals surface area contributed by atoms with E-state index in [9.17, 15) is 5.11 Å². The highest BCUT2D eigenvalue weighted by atomic mass is 16.3. The minimum atomic E-state index is 0.314. The van der Waals surface area contributed by atoms with Crippen LogP contribution in [0.25, 0.3) is 0 Å². The summed E-state index contributed by atoms with van der Waals surface area (Å²) in [5, 5.41) is 9.39. The molecule has 3 rings (SSSR count). The van der Waals surface area contributed by atoms with Gasteiger partial charge in [-0.2, -0.15) is 0 Å². The second kappa shape index (κ2) is 8.28. The Labute approximate surface area is 139 Å². The Morgan fingerprint density at radius 3 is 2.17 bits per heavy atom. The molecule has 0 radical (unpaired) electrons. The van der Waals surface area contributed by atoms with E-state index in [4.69, 9.17) is 0 Å². The Hall–Kier alpha value is -1.64. The number of benzene rings is 2. The minimum absolute atomic E-state index is 0.314. The van der Waals surface area contributed by atoms with Crippen molar-refractivity contribution in [3.63, 3.8) is 0 Å². The third-order valence-corrected chi connectivity index (χ3v) is 5.07. The number of piperidine rings is 1. The molecule has 0 unspecified atom stereocenters. The van der Waals surface area contributed by atoms with E-state index in [2.05, 4.69) is 65.6 Å². The molecular formula is C21H27NO. The lowest BCUT2D eigenvalue weighted by molar-refractivity contribution is 0.0941. The zero-order valence-corrected chi connectivity index (χ0v) is 13.8. The molecule has 1 N–H and O–H groups in total. The summed E-state index contributed by atoms with van der Waals surface area (Å²) < 4.78 is 0. The van der Waals surface area contributed by atoms with Crippen LogP contribution >= 0.6 is 0 Å². The molecule has 1 saturated heterocycles. The van der Waals surface area contributed by atoms with Crippen molar-refractivity contribution in [1.29, 1.82) is 0 Å². The summed E-state index contributed by atoms with van der Waals surface area (Å²) in [4.78, 5) is 2.58. The fourth-order valence-corrected chi connectivity index (χ4v) is 3.84. The predicted octanol–water partition coefficient (Wildman–Crippen LogP) is 3.75. The zero-order valence-electron chi connectivity index (χ0n) is 13.8. The van der Waals surface area contributed by atoms with Gasteiger partial charge < -0.3 is 5.11 Å². The maximum absolute atomic E-state index is 9.39. The highest BCUT2D eigenvalue weighted by Gasteiger charge is 2.28. The average molecular weight is 309 g/mol. The first-order chi connectivity index (χ1) is 11.3. The number of aliphatic hydroxyl groups is 1. The summed E-state index contributed by atoms with van der Waals surface area (Å²) in [6, 6.07) is 21.5. The molecule has 23 heavy (non-hydrogen) atoms. The van der Waals surface area contributed by atoms with Crippen LogP contribution in [-0.2, 0) is 13.0 Å². The normalized spacial score (nSPS) is 22.1. The van der Waals surface area contributed by atoms with Crippen molar-refractivity contribution in [3.05, 3.63) is 71.8 Å². The fraction of sp³-hybridized carbons (Fsp3) is 0.429. The van der Waals surface area contributed by atoms with Crippen LogP contribution in [0.4, 0.5) is 0 Å². The van der Waals surface area contributed by atoms with E-state index in [0.29, 0.717) is 18.4 Å². The van der Waals surface area contributed by atoms with Gasteiger partial charge in [0, 0.05) is 19.7 Å². The molecule has 0 saturated carbocycles. The van der Waals surface area contributed by atoms with E-state index < -0.39 is 0 Å². The SMILES string of the molecule is OCC[C@H]1CCN(Cc2ccccc2)C[C@H]1Cc1ccccc1. The van der Waals surface area contributed by atoms with Crippen LogP contribution in [0.15, 0.2) is 60.7 Å². The van der Waals surface area contributed by atoms with Gasteiger partial charge in [-0.15, -0.1) is 0 Å². The highest BCUT2D eigenvalue weighted by Crippen LogP contribution is 2.30. The Balaban J connectivity index is 1.65. The largest absolute Gasteiger partial charge is 0.396 e. The second-order valence-electron chi connectivity index (χ2n) is 6.73. The lowest BCUT2D eigenvalue weighted by atomic mass is 9.79. The maximum atomic E-state index is 9.39. The smallest absolute Gasteiger partial charge is 0.0433 e. The van der Waals surface area contributed by atoms with Gasteiger partial charge in [0.1, 0.15) is 0 Å². The van der Waals surface area contributed by atoms with Crippen LogP contribution in [0.1, 0.15) is 24.0 Å². The quantitative estimate of drug-likeness (QED) is 0.878. The monoisotopic (exact) mass is 309 g/mol. The van der Waals surface area contributed by atoms with Crippen LogP contribution in [-0.4, -0.2) is 29.7 Å². The number of likely N-dealkylation sites (tertiary alicyclic amines) is 1. The van der Waals surface area contributed by atoms with Crippen molar-refractivity contribution < 1.29 is 5.11 Å². The van der Waals surface area contributed by atoms with E-state index in [0.717, 1.165) is 32.5 Å². The molecule has 1 aliphatic heterocycles. The molecule has 2 heteroatoms. The lowest BCUT2D eigenvalue weighted by Crippen LogP contribution is -2.41. The second-order valence-corrected chi connectivity index (χ2v) is 6.73. The van der Waals surface area contributed by atoms with E-state index in [1.54, 1.807) is 0 Å². The summed E-state index contributed by atoms with van der Waals surface area (Å²) in [6.07, 6.45) is 3.26. The van der Waals surface area contributed by atoms with Crippen LogP contribution in [0.5, 0.6) is 0 Å². The molecule has 2 nitrogen and oxygen atoms in total. The summed E-state index contributed by atoms with van der Waals surface area (Å²) >= 11 is 0. The van der Waals surface area contributed by atoms with Crippen LogP contribution in [0.2, 0.25) is 0 Å². The molecule has 0 bridgehead atoms. The molecule has 2 aromatic carbocycles. The number of rotatable bonds is 6. The van der Waals surface area contributed by atoms with E-state index in [-0.39, 0.29) is 0 Å². The average Bonchev–Trinajstić information content (AvgIpc) is 2.59. The Kier molecular flexibility index (Phi) is 5.84. The first-order valence-electron chi connectivity index (χ1n) is 8.76. The van der Waals surface area contributed by atoms with Gasteiger partial charge in [-0.25, -0.2) is 0 Å². The summed E-state index contributed by atoms with van der Waals surface area (Å²) in [7, 11) is 0. The van der Waals surface area contributed by atoms with Crippen molar-refractivity contribution in [2.45, 2.75) is 25.8 Å². The molecule has 2 aromatic rings. The molecule has 1 fully saturated rings. The predicted molar refractivity (Wildman–Crippen MR) is 95.2 cm³/mol. The maximum Gasteiger partial charge on any atom is 0.0433 e. The molecule has 2 atom stereocenters. The Bertz CT molecular complexity index is 569. The summed E-state index contributed by atoms with van der Waals surface area (Å²) in [6.45, 7) is 3.63. The van der Waals surface area contributed by atoms with Gasteiger partial charge in [-0.3, -0.25) is 4.90 Å². The molecule has 0 spiro atoms. The fourth-order valence-electron chi connectivity index (χ4n) is 3.84. The van der Waals surface area contributed by atoms with E-state index >= 15 is 0 Å². The van der Waals surface area contributed by atoms with Gasteiger partial charge in [0.25, 0.3) is 0 Å². The van der Waals surface area contributed by atoms with E-state index in [1.165, 1.54) is 17.5 Å². The number of aliphatic hydroxyl groups excluding tert-OH is 1. The van der Waals surface area contributed by atoms with Crippen LogP contribution in [0, 0.1) is 11.8 Å². The summed E-state index contributed by atoms with van der Waals surface area (Å²) in [5.41, 5.74) is 2.81. The number of nitrogens with zero attached hydrogens (tertiary/aromatic N) is 1. The molecule has 1 heterocycles. The van der Waals surface area contributed by atoms with Gasteiger partial charge >= 0.3 is 0 Å². The van der Waals surface area contributed by atoms with Gasteiger partial charge in [-0.1, -0.05) is 60.7 Å². The van der Waals surface area contributed by atoms with Gasteiger partial charge in [0.2, 0.25) is 0 Å². The van der Waals surface area contributed by atoms with Gasteiger partial charge in [0.05, 0.1) is 0 Å². The van der Waals surface area contributed by atoms with Crippen molar-refractivity contribution in [3.8, 4) is 0 Å². The lowest BCUT2D eigenvalue weighted by Gasteiger charge is -2.39. The topological polar surface area (TPSA) is 23.5 Å². The van der Waals surface area contributed by atoms with Crippen molar-refractivity contribution in [2.75, 3.05) is 19.7 Å². The number of hydrogen-bond donors (Lipinski definition) is 1. The standard InChI is InChI=1S/C21H27NO/c23-14-12-20-11-13-22(16-19-9-5-2-6-10-19)17-21(20)15-18-7-3-1-4-8-18/h1-10,20-21,23H,11-17H2/t20-,21-/m1/s1.